The second-order valence-corrected chi connectivity index (χ2v) is 4.98. The van der Waals surface area contributed by atoms with Crippen LogP contribution in [-0.4, -0.2) is 22.2 Å². The molecule has 0 saturated heterocycles. The number of aliphatic carboxylic acids is 2. The van der Waals surface area contributed by atoms with Crippen LogP contribution >= 0.6 is 0 Å². The summed E-state index contributed by atoms with van der Waals surface area (Å²) in [7, 11) is 0. The van der Waals surface area contributed by atoms with Crippen molar-refractivity contribution in [1.82, 2.24) is 0 Å². The van der Waals surface area contributed by atoms with Crippen LogP contribution in [0.2, 0.25) is 0 Å². The Morgan fingerprint density at radius 2 is 1.79 bits per heavy atom. The molecule has 1 spiro atoms. The van der Waals surface area contributed by atoms with Crippen molar-refractivity contribution >= 4 is 11.9 Å². The number of hydrogen-bond acceptors (Lipinski definition) is 2. The van der Waals surface area contributed by atoms with Crippen molar-refractivity contribution in [3.8, 4) is 0 Å². The smallest absolute Gasteiger partial charge is 0.307 e. The first-order chi connectivity index (χ1) is 6.57. The Hall–Kier alpha value is -1.06. The van der Waals surface area contributed by atoms with Gasteiger partial charge in [0.2, 0.25) is 0 Å². The Morgan fingerprint density at radius 3 is 2.21 bits per heavy atom. The normalized spacial score (nSPS) is 46.0. The van der Waals surface area contributed by atoms with E-state index in [0.29, 0.717) is 0 Å². The van der Waals surface area contributed by atoms with Crippen LogP contribution in [0.5, 0.6) is 0 Å². The molecule has 0 amide bonds. The minimum atomic E-state index is -0.799. The second-order valence-electron chi connectivity index (χ2n) is 4.98. The number of carboxylic acids is 2. The van der Waals surface area contributed by atoms with Crippen molar-refractivity contribution in [2.75, 3.05) is 0 Å². The van der Waals surface area contributed by atoms with Gasteiger partial charge >= 0.3 is 11.9 Å². The van der Waals surface area contributed by atoms with Gasteiger partial charge < -0.3 is 10.2 Å². The van der Waals surface area contributed by atoms with Gasteiger partial charge in [-0.05, 0) is 36.5 Å². The summed E-state index contributed by atoms with van der Waals surface area (Å²) >= 11 is 0. The number of rotatable bonds is 2. The molecule has 3 fully saturated rings. The minimum Gasteiger partial charge on any atom is -0.481 e. The monoisotopic (exact) mass is 196 g/mol. The molecule has 4 heteroatoms. The van der Waals surface area contributed by atoms with Crippen molar-refractivity contribution in [2.24, 2.45) is 29.1 Å². The first kappa shape index (κ1) is 8.26. The van der Waals surface area contributed by atoms with E-state index in [-0.39, 0.29) is 29.1 Å². The summed E-state index contributed by atoms with van der Waals surface area (Å²) in [5.41, 5.74) is 0.122. The molecule has 0 aromatic carbocycles. The zero-order valence-electron chi connectivity index (χ0n) is 7.64. The van der Waals surface area contributed by atoms with Crippen molar-refractivity contribution < 1.29 is 19.8 Å². The number of fused-ring (bicyclic) bond motifs is 2. The largest absolute Gasteiger partial charge is 0.481 e. The molecule has 4 nitrogen and oxygen atoms in total. The van der Waals surface area contributed by atoms with E-state index in [9.17, 15) is 9.59 Å². The first-order valence-electron chi connectivity index (χ1n) is 5.02. The van der Waals surface area contributed by atoms with Crippen LogP contribution in [0, 0.1) is 29.1 Å². The van der Waals surface area contributed by atoms with Crippen molar-refractivity contribution in [3.05, 3.63) is 0 Å². The summed E-state index contributed by atoms with van der Waals surface area (Å²) in [4.78, 5) is 21.8. The SMILES string of the molecule is O=C(O)C1CC2(CC2)C2C(C(=O)O)C12. The molecular weight excluding hydrogens is 184 g/mol. The topological polar surface area (TPSA) is 74.6 Å². The maximum Gasteiger partial charge on any atom is 0.307 e. The Morgan fingerprint density at radius 1 is 1.14 bits per heavy atom. The summed E-state index contributed by atoms with van der Waals surface area (Å²) in [6, 6.07) is 0. The lowest BCUT2D eigenvalue weighted by atomic mass is 9.91. The molecule has 14 heavy (non-hydrogen) atoms. The fourth-order valence-corrected chi connectivity index (χ4v) is 3.60. The first-order valence-corrected chi connectivity index (χ1v) is 5.02. The average molecular weight is 196 g/mol. The van der Waals surface area contributed by atoms with Gasteiger partial charge in [0, 0.05) is 0 Å². The van der Waals surface area contributed by atoms with Gasteiger partial charge in [-0.3, -0.25) is 9.59 Å². The van der Waals surface area contributed by atoms with E-state index in [1.165, 1.54) is 0 Å². The van der Waals surface area contributed by atoms with Crippen molar-refractivity contribution in [1.29, 1.82) is 0 Å². The van der Waals surface area contributed by atoms with Gasteiger partial charge in [0.1, 0.15) is 0 Å². The van der Waals surface area contributed by atoms with Crippen molar-refractivity contribution in [3.63, 3.8) is 0 Å². The zero-order chi connectivity index (χ0) is 10.1. The lowest BCUT2D eigenvalue weighted by Crippen LogP contribution is -2.20. The summed E-state index contributed by atoms with van der Waals surface area (Å²) in [6.07, 6.45) is 2.81. The molecule has 2 N–H and O–H groups in total. The zero-order valence-corrected chi connectivity index (χ0v) is 7.64. The molecule has 3 rings (SSSR count). The van der Waals surface area contributed by atoms with Gasteiger partial charge in [-0.2, -0.15) is 0 Å². The summed E-state index contributed by atoms with van der Waals surface area (Å²) in [5.74, 6) is -2.21. The van der Waals surface area contributed by atoms with Gasteiger partial charge in [-0.15, -0.1) is 0 Å². The minimum absolute atomic E-state index is 0.0625. The lowest BCUT2D eigenvalue weighted by molar-refractivity contribution is -0.144. The third kappa shape index (κ3) is 0.792. The average Bonchev–Trinajstić information content (AvgIpc) is 2.87. The quantitative estimate of drug-likeness (QED) is 0.685. The van der Waals surface area contributed by atoms with Gasteiger partial charge in [0.05, 0.1) is 11.8 Å². The van der Waals surface area contributed by atoms with E-state index in [4.69, 9.17) is 10.2 Å². The number of hydrogen-bond donors (Lipinski definition) is 2. The highest BCUT2D eigenvalue weighted by molar-refractivity contribution is 5.80. The van der Waals surface area contributed by atoms with Gasteiger partial charge in [0.15, 0.2) is 0 Å². The van der Waals surface area contributed by atoms with E-state index in [1.54, 1.807) is 0 Å². The molecule has 0 heterocycles. The molecule has 3 aliphatic carbocycles. The molecule has 4 atom stereocenters. The van der Waals surface area contributed by atoms with Crippen LogP contribution in [0.25, 0.3) is 0 Å². The fourth-order valence-electron chi connectivity index (χ4n) is 3.60. The van der Waals surface area contributed by atoms with Crippen LogP contribution in [0.15, 0.2) is 0 Å². The van der Waals surface area contributed by atoms with E-state index in [1.807, 2.05) is 0 Å². The van der Waals surface area contributed by atoms with E-state index in [0.717, 1.165) is 19.3 Å². The fraction of sp³-hybridized carbons (Fsp3) is 0.800. The Kier molecular flexibility index (Phi) is 1.25. The number of carbonyl (C=O) groups is 2. The standard InChI is InChI=1S/C10H12O4/c11-8(12)4-3-10(1-2-10)7-5(4)6(7)9(13)14/h4-7H,1-3H2,(H,11,12)(H,13,14). The summed E-state index contributed by atoms with van der Waals surface area (Å²) in [5, 5.41) is 17.9. The number of carboxylic acid groups (broad SMARTS) is 2. The van der Waals surface area contributed by atoms with Crippen LogP contribution in [0.1, 0.15) is 19.3 Å². The highest BCUT2D eigenvalue weighted by Gasteiger charge is 2.76. The molecule has 0 aromatic rings. The molecule has 3 saturated carbocycles. The summed E-state index contributed by atoms with van der Waals surface area (Å²) in [6.45, 7) is 0. The molecule has 0 aliphatic heterocycles. The second kappa shape index (κ2) is 2.12. The van der Waals surface area contributed by atoms with Crippen molar-refractivity contribution in [2.45, 2.75) is 19.3 Å². The van der Waals surface area contributed by atoms with Crippen LogP contribution in [0.3, 0.4) is 0 Å². The van der Waals surface area contributed by atoms with E-state index >= 15 is 0 Å². The van der Waals surface area contributed by atoms with Gasteiger partial charge in [-0.1, -0.05) is 0 Å². The molecule has 0 bridgehead atoms. The summed E-state index contributed by atoms with van der Waals surface area (Å²) < 4.78 is 0. The Labute approximate surface area is 80.9 Å². The molecule has 3 aliphatic rings. The van der Waals surface area contributed by atoms with E-state index < -0.39 is 11.9 Å². The maximum absolute atomic E-state index is 10.9. The van der Waals surface area contributed by atoms with Gasteiger partial charge in [0.25, 0.3) is 0 Å². The molecule has 0 radical (unpaired) electrons. The van der Waals surface area contributed by atoms with E-state index in [2.05, 4.69) is 0 Å². The van der Waals surface area contributed by atoms with Crippen LogP contribution in [0.4, 0.5) is 0 Å². The predicted molar refractivity (Wildman–Crippen MR) is 45.5 cm³/mol. The Balaban J connectivity index is 1.88. The third-order valence-electron chi connectivity index (χ3n) is 4.37. The van der Waals surface area contributed by atoms with Gasteiger partial charge in [-0.25, -0.2) is 0 Å². The molecule has 76 valence electrons. The highest BCUT2D eigenvalue weighted by atomic mass is 16.4. The van der Waals surface area contributed by atoms with Crippen LogP contribution in [-0.2, 0) is 9.59 Å². The maximum atomic E-state index is 10.9. The van der Waals surface area contributed by atoms with Crippen LogP contribution < -0.4 is 0 Å². The highest BCUT2D eigenvalue weighted by Crippen LogP contribution is 2.77. The third-order valence-corrected chi connectivity index (χ3v) is 4.37. The molecule has 0 aromatic heterocycles. The molecule has 4 unspecified atom stereocenters. The lowest BCUT2D eigenvalue weighted by Gasteiger charge is -2.13. The predicted octanol–water partition coefficient (Wildman–Crippen LogP) is 0.818. The molecular formula is C10H12O4. The Bertz CT molecular complexity index is 331.